The van der Waals surface area contributed by atoms with Gasteiger partial charge in [0, 0.05) is 42.4 Å². The quantitative estimate of drug-likeness (QED) is 0.470. The Morgan fingerprint density at radius 1 is 1.24 bits per heavy atom. The third-order valence-corrected chi connectivity index (χ3v) is 6.16. The van der Waals surface area contributed by atoms with E-state index in [1.54, 1.807) is 7.11 Å². The topological polar surface area (TPSA) is 58.2 Å². The minimum atomic E-state index is -0.0479. The number of methoxy groups -OCH3 is 1. The number of halogens is 1. The SMILES string of the molecule is COc1ccccc1CN1CCc2nc(SCc3cccc(Cl)c3)[nH]c(=O)c2C1. The van der Waals surface area contributed by atoms with E-state index in [1.807, 2.05) is 42.5 Å². The first kappa shape index (κ1) is 20.0. The van der Waals surface area contributed by atoms with Gasteiger partial charge in [0.2, 0.25) is 0 Å². The monoisotopic (exact) mass is 427 g/mol. The molecule has 0 spiro atoms. The first-order valence-corrected chi connectivity index (χ1v) is 10.8. The van der Waals surface area contributed by atoms with Crippen LogP contribution in [0, 0.1) is 0 Å². The molecule has 3 aromatic rings. The zero-order valence-corrected chi connectivity index (χ0v) is 17.7. The van der Waals surface area contributed by atoms with Crippen molar-refractivity contribution in [1.29, 1.82) is 0 Å². The van der Waals surface area contributed by atoms with E-state index in [9.17, 15) is 4.79 Å². The van der Waals surface area contributed by atoms with Gasteiger partial charge in [0.1, 0.15) is 5.75 Å². The van der Waals surface area contributed by atoms with Crippen LogP contribution in [0.15, 0.2) is 58.5 Å². The number of aromatic amines is 1. The van der Waals surface area contributed by atoms with Crippen LogP contribution in [0.25, 0.3) is 0 Å². The molecule has 7 heteroatoms. The summed E-state index contributed by atoms with van der Waals surface area (Å²) in [5, 5.41) is 1.37. The number of hydrogen-bond acceptors (Lipinski definition) is 5. The van der Waals surface area contributed by atoms with Crippen LogP contribution in [-0.4, -0.2) is 28.5 Å². The van der Waals surface area contributed by atoms with Crippen LogP contribution < -0.4 is 10.3 Å². The van der Waals surface area contributed by atoms with E-state index in [2.05, 4.69) is 16.0 Å². The van der Waals surface area contributed by atoms with Crippen molar-refractivity contribution in [3.05, 3.63) is 86.3 Å². The third kappa shape index (κ3) is 4.83. The van der Waals surface area contributed by atoms with Gasteiger partial charge in [-0.3, -0.25) is 9.69 Å². The lowest BCUT2D eigenvalue weighted by atomic mass is 10.1. The maximum absolute atomic E-state index is 12.7. The average molecular weight is 428 g/mol. The van der Waals surface area contributed by atoms with Crippen LogP contribution in [0.4, 0.5) is 0 Å². The van der Waals surface area contributed by atoms with Gasteiger partial charge in [-0.15, -0.1) is 0 Å². The Hall–Kier alpha value is -2.28. The summed E-state index contributed by atoms with van der Waals surface area (Å²) in [6, 6.07) is 15.7. The van der Waals surface area contributed by atoms with Crippen LogP contribution in [0.1, 0.15) is 22.4 Å². The Bertz CT molecular complexity index is 1070. The minimum Gasteiger partial charge on any atom is -0.496 e. The number of rotatable bonds is 6. The van der Waals surface area contributed by atoms with E-state index in [1.165, 1.54) is 11.8 Å². The summed E-state index contributed by atoms with van der Waals surface area (Å²) in [7, 11) is 1.68. The van der Waals surface area contributed by atoms with E-state index < -0.39 is 0 Å². The number of H-pyrrole nitrogens is 1. The summed E-state index contributed by atoms with van der Waals surface area (Å²) >= 11 is 7.56. The summed E-state index contributed by atoms with van der Waals surface area (Å²) < 4.78 is 5.45. The lowest BCUT2D eigenvalue weighted by Gasteiger charge is -2.28. The van der Waals surface area contributed by atoms with Gasteiger partial charge < -0.3 is 9.72 Å². The molecule has 0 atom stereocenters. The predicted octanol–water partition coefficient (Wildman–Crippen LogP) is 4.28. The second-order valence-electron chi connectivity index (χ2n) is 6.99. The number of nitrogens with one attached hydrogen (secondary N) is 1. The summed E-state index contributed by atoms with van der Waals surface area (Å²) in [5.41, 5.74) is 3.84. The minimum absolute atomic E-state index is 0.0479. The fraction of sp³-hybridized carbons (Fsp3) is 0.273. The van der Waals surface area contributed by atoms with Crippen molar-refractivity contribution in [3.63, 3.8) is 0 Å². The molecule has 4 rings (SSSR count). The molecular formula is C22H22ClN3O2S. The van der Waals surface area contributed by atoms with Crippen LogP contribution in [0.2, 0.25) is 5.02 Å². The van der Waals surface area contributed by atoms with Crippen LogP contribution >= 0.6 is 23.4 Å². The number of fused-ring (bicyclic) bond motifs is 1. The molecule has 0 unspecified atom stereocenters. The van der Waals surface area contributed by atoms with Gasteiger partial charge >= 0.3 is 0 Å². The van der Waals surface area contributed by atoms with Crippen molar-refractivity contribution in [3.8, 4) is 5.75 Å². The molecule has 0 radical (unpaired) electrons. The second kappa shape index (κ2) is 9.03. The highest BCUT2D eigenvalue weighted by molar-refractivity contribution is 7.98. The molecule has 5 nitrogen and oxygen atoms in total. The molecule has 150 valence electrons. The smallest absolute Gasteiger partial charge is 0.256 e. The Balaban J connectivity index is 1.46. The van der Waals surface area contributed by atoms with Gasteiger partial charge in [0.05, 0.1) is 18.4 Å². The van der Waals surface area contributed by atoms with Gasteiger partial charge in [0.25, 0.3) is 5.56 Å². The fourth-order valence-corrected chi connectivity index (χ4v) is 4.55. The van der Waals surface area contributed by atoms with E-state index in [-0.39, 0.29) is 5.56 Å². The molecule has 1 N–H and O–H groups in total. The Kier molecular flexibility index (Phi) is 6.23. The molecule has 1 aromatic heterocycles. The third-order valence-electron chi connectivity index (χ3n) is 4.98. The molecule has 2 heterocycles. The highest BCUT2D eigenvalue weighted by Gasteiger charge is 2.22. The summed E-state index contributed by atoms with van der Waals surface area (Å²) in [5.74, 6) is 1.58. The van der Waals surface area contributed by atoms with E-state index >= 15 is 0 Å². The zero-order valence-electron chi connectivity index (χ0n) is 16.2. The van der Waals surface area contributed by atoms with Gasteiger partial charge in [-0.25, -0.2) is 4.98 Å². The standard InChI is InChI=1S/C22H22ClN3O2S/c1-28-20-8-3-2-6-16(20)12-26-10-9-19-18(13-26)21(27)25-22(24-19)29-14-15-5-4-7-17(23)11-15/h2-8,11H,9-10,12-14H2,1H3,(H,24,25,27). The van der Waals surface area contributed by atoms with Crippen molar-refractivity contribution in [2.75, 3.05) is 13.7 Å². The number of ether oxygens (including phenoxy) is 1. The average Bonchev–Trinajstić information content (AvgIpc) is 2.73. The summed E-state index contributed by atoms with van der Waals surface area (Å²) in [6.45, 7) is 2.20. The molecular weight excluding hydrogens is 406 g/mol. The molecule has 0 fully saturated rings. The summed E-state index contributed by atoms with van der Waals surface area (Å²) in [4.78, 5) is 22.6. The van der Waals surface area contributed by atoms with E-state index in [4.69, 9.17) is 21.3 Å². The fourth-order valence-electron chi connectivity index (χ4n) is 3.51. The highest BCUT2D eigenvalue weighted by atomic mass is 35.5. The number of thioether (sulfide) groups is 1. The number of nitrogens with zero attached hydrogens (tertiary/aromatic N) is 2. The Morgan fingerprint density at radius 2 is 2.10 bits per heavy atom. The van der Waals surface area contributed by atoms with Crippen molar-refractivity contribution in [2.45, 2.75) is 30.4 Å². The molecule has 2 aromatic carbocycles. The van der Waals surface area contributed by atoms with E-state index in [0.717, 1.165) is 47.6 Å². The van der Waals surface area contributed by atoms with Gasteiger partial charge in [0.15, 0.2) is 5.16 Å². The van der Waals surface area contributed by atoms with Crippen molar-refractivity contribution >= 4 is 23.4 Å². The Morgan fingerprint density at radius 3 is 2.93 bits per heavy atom. The molecule has 29 heavy (non-hydrogen) atoms. The van der Waals surface area contributed by atoms with Crippen molar-refractivity contribution in [2.24, 2.45) is 0 Å². The Labute approximate surface area is 179 Å². The molecule has 0 saturated heterocycles. The molecule has 1 aliphatic rings. The number of benzene rings is 2. The lowest BCUT2D eigenvalue weighted by molar-refractivity contribution is 0.237. The lowest BCUT2D eigenvalue weighted by Crippen LogP contribution is -2.35. The van der Waals surface area contributed by atoms with E-state index in [0.29, 0.717) is 22.5 Å². The normalized spacial score (nSPS) is 13.9. The number of hydrogen-bond donors (Lipinski definition) is 1. The molecule has 0 aliphatic carbocycles. The van der Waals surface area contributed by atoms with Gasteiger partial charge in [-0.1, -0.05) is 53.7 Å². The van der Waals surface area contributed by atoms with Crippen molar-refractivity contribution in [1.82, 2.24) is 14.9 Å². The maximum atomic E-state index is 12.7. The number of aromatic nitrogens is 2. The first-order chi connectivity index (χ1) is 14.1. The maximum Gasteiger partial charge on any atom is 0.256 e. The number of para-hydroxylation sites is 1. The second-order valence-corrected chi connectivity index (χ2v) is 8.39. The molecule has 0 bridgehead atoms. The molecule has 0 amide bonds. The summed E-state index contributed by atoms with van der Waals surface area (Å²) in [6.07, 6.45) is 0.763. The van der Waals surface area contributed by atoms with Crippen molar-refractivity contribution < 1.29 is 4.74 Å². The predicted molar refractivity (Wildman–Crippen MR) is 117 cm³/mol. The largest absolute Gasteiger partial charge is 0.496 e. The van der Waals surface area contributed by atoms with Crippen LogP contribution in [0.5, 0.6) is 5.75 Å². The first-order valence-electron chi connectivity index (χ1n) is 9.46. The highest BCUT2D eigenvalue weighted by Crippen LogP contribution is 2.25. The molecule has 0 saturated carbocycles. The van der Waals surface area contributed by atoms with Crippen LogP contribution in [-0.2, 0) is 25.3 Å². The zero-order chi connectivity index (χ0) is 20.2. The van der Waals surface area contributed by atoms with Gasteiger partial charge in [-0.2, -0.15) is 0 Å². The van der Waals surface area contributed by atoms with Crippen LogP contribution in [0.3, 0.4) is 0 Å². The van der Waals surface area contributed by atoms with Gasteiger partial charge in [-0.05, 0) is 23.8 Å². The molecule has 1 aliphatic heterocycles.